The van der Waals surface area contributed by atoms with Crippen LogP contribution in [0.15, 0.2) is 30.3 Å². The highest BCUT2D eigenvalue weighted by Gasteiger charge is 2.43. The fourth-order valence-electron chi connectivity index (χ4n) is 3.88. The van der Waals surface area contributed by atoms with Crippen LogP contribution in [0, 0.1) is 0 Å². The number of benzene rings is 1. The van der Waals surface area contributed by atoms with Gasteiger partial charge in [0.15, 0.2) is 0 Å². The van der Waals surface area contributed by atoms with E-state index in [1.165, 1.54) is 0 Å². The fourth-order valence-corrected chi connectivity index (χ4v) is 3.88. The molecule has 0 radical (unpaired) electrons. The maximum absolute atomic E-state index is 12.9. The third kappa shape index (κ3) is 2.29. The van der Waals surface area contributed by atoms with Gasteiger partial charge in [-0.2, -0.15) is 0 Å². The van der Waals surface area contributed by atoms with Gasteiger partial charge in [0.2, 0.25) is 5.91 Å². The number of hydrogen-bond donors (Lipinski definition) is 2. The van der Waals surface area contributed by atoms with Gasteiger partial charge in [-0.05, 0) is 25.0 Å². The lowest BCUT2D eigenvalue weighted by Crippen LogP contribution is -2.66. The number of likely N-dealkylation sites (tertiary alicyclic amines) is 1. The van der Waals surface area contributed by atoms with Crippen LogP contribution in [-0.4, -0.2) is 53.0 Å². The summed E-state index contributed by atoms with van der Waals surface area (Å²) in [7, 11) is 1.93. The van der Waals surface area contributed by atoms with Crippen LogP contribution < -0.4 is 10.6 Å². The topological polar surface area (TPSA) is 66.4 Å². The molecule has 0 atom stereocenters. The number of aromatic nitrogens is 1. The number of nitrogens with zero attached hydrogens (tertiary/aromatic N) is 2. The van der Waals surface area contributed by atoms with Crippen LogP contribution in [0.25, 0.3) is 10.9 Å². The van der Waals surface area contributed by atoms with Crippen molar-refractivity contribution in [2.24, 2.45) is 7.05 Å². The van der Waals surface area contributed by atoms with Gasteiger partial charge in [-0.3, -0.25) is 9.59 Å². The number of para-hydroxylation sites is 1. The number of aryl methyl sites for hydroxylation is 1. The van der Waals surface area contributed by atoms with Crippen LogP contribution in [0.3, 0.4) is 0 Å². The van der Waals surface area contributed by atoms with Crippen LogP contribution in [0.2, 0.25) is 0 Å². The second kappa shape index (κ2) is 5.63. The number of piperidine rings is 1. The lowest BCUT2D eigenvalue weighted by Gasteiger charge is -2.43. The lowest BCUT2D eigenvalue weighted by atomic mass is 9.85. The van der Waals surface area contributed by atoms with E-state index in [-0.39, 0.29) is 11.8 Å². The third-order valence-electron chi connectivity index (χ3n) is 5.38. The zero-order valence-electron chi connectivity index (χ0n) is 13.8. The van der Waals surface area contributed by atoms with Crippen LogP contribution in [0.4, 0.5) is 0 Å². The molecular formula is C18H22N4O2. The molecule has 0 unspecified atom stereocenters. The summed E-state index contributed by atoms with van der Waals surface area (Å²) >= 11 is 0. The van der Waals surface area contributed by atoms with Crippen molar-refractivity contribution in [2.75, 3.05) is 26.2 Å². The summed E-state index contributed by atoms with van der Waals surface area (Å²) < 4.78 is 1.95. The molecule has 3 heterocycles. The van der Waals surface area contributed by atoms with E-state index in [1.54, 1.807) is 0 Å². The summed E-state index contributed by atoms with van der Waals surface area (Å²) in [4.78, 5) is 27.0. The highest BCUT2D eigenvalue weighted by Crippen LogP contribution is 2.26. The van der Waals surface area contributed by atoms with E-state index in [9.17, 15) is 9.59 Å². The summed E-state index contributed by atoms with van der Waals surface area (Å²) in [5.41, 5.74) is 1.27. The Hall–Kier alpha value is -2.34. The quantitative estimate of drug-likeness (QED) is 0.817. The fraction of sp³-hybridized carbons (Fsp3) is 0.444. The van der Waals surface area contributed by atoms with Crippen molar-refractivity contribution in [1.29, 1.82) is 0 Å². The van der Waals surface area contributed by atoms with Gasteiger partial charge >= 0.3 is 0 Å². The van der Waals surface area contributed by atoms with Crippen molar-refractivity contribution in [3.8, 4) is 0 Å². The number of carbonyl (C=O) groups excluding carboxylic acids is 2. The highest BCUT2D eigenvalue weighted by atomic mass is 16.2. The van der Waals surface area contributed by atoms with E-state index in [0.717, 1.165) is 17.4 Å². The number of piperazine rings is 1. The second-order valence-electron chi connectivity index (χ2n) is 6.70. The number of carbonyl (C=O) groups is 2. The van der Waals surface area contributed by atoms with Crippen molar-refractivity contribution in [2.45, 2.75) is 18.4 Å². The van der Waals surface area contributed by atoms with Gasteiger partial charge in [0.05, 0.1) is 0 Å². The Balaban J connectivity index is 1.53. The molecule has 2 amide bonds. The first-order valence-corrected chi connectivity index (χ1v) is 8.48. The Morgan fingerprint density at radius 1 is 1.17 bits per heavy atom. The van der Waals surface area contributed by atoms with Gasteiger partial charge < -0.3 is 20.1 Å². The van der Waals surface area contributed by atoms with E-state index >= 15 is 0 Å². The van der Waals surface area contributed by atoms with E-state index in [1.807, 2.05) is 46.8 Å². The number of amides is 2. The Labute approximate surface area is 140 Å². The van der Waals surface area contributed by atoms with Crippen LogP contribution in [0.5, 0.6) is 0 Å². The molecule has 1 aromatic carbocycles. The van der Waals surface area contributed by atoms with Gasteiger partial charge in [0.1, 0.15) is 11.2 Å². The Kier molecular flexibility index (Phi) is 3.57. The molecule has 0 saturated carbocycles. The lowest BCUT2D eigenvalue weighted by molar-refractivity contribution is -0.131. The predicted octanol–water partition coefficient (Wildman–Crippen LogP) is 0.873. The zero-order valence-corrected chi connectivity index (χ0v) is 13.8. The first kappa shape index (κ1) is 15.2. The average molecular weight is 326 g/mol. The number of nitrogens with one attached hydrogen (secondary N) is 2. The van der Waals surface area contributed by atoms with Crippen molar-refractivity contribution >= 4 is 22.7 Å². The van der Waals surface area contributed by atoms with Crippen LogP contribution in [-0.2, 0) is 11.8 Å². The smallest absolute Gasteiger partial charge is 0.270 e. The van der Waals surface area contributed by atoms with E-state index in [4.69, 9.17) is 0 Å². The van der Waals surface area contributed by atoms with Gasteiger partial charge in [-0.1, -0.05) is 18.2 Å². The number of fused-ring (bicyclic) bond motifs is 1. The van der Waals surface area contributed by atoms with Crippen molar-refractivity contribution in [3.63, 3.8) is 0 Å². The minimum absolute atomic E-state index is 0.0415. The summed E-state index contributed by atoms with van der Waals surface area (Å²) in [6.07, 6.45) is 1.32. The maximum Gasteiger partial charge on any atom is 0.270 e. The summed E-state index contributed by atoms with van der Waals surface area (Å²) in [6, 6.07) is 9.96. The summed E-state index contributed by atoms with van der Waals surface area (Å²) in [6.45, 7) is 2.67. The standard InChI is InChI=1S/C18H22N4O2/c1-21-14-5-3-2-4-13(14)12-15(21)16(23)22-10-6-18(7-11-22)17(24)19-8-9-20-18/h2-5,12,20H,6-11H2,1H3,(H,19,24). The van der Waals surface area contributed by atoms with Crippen LogP contribution in [0.1, 0.15) is 23.3 Å². The molecule has 4 rings (SSSR count). The molecule has 2 aliphatic rings. The molecule has 0 bridgehead atoms. The molecule has 0 aliphatic carbocycles. The first-order chi connectivity index (χ1) is 11.6. The molecule has 1 aromatic heterocycles. The van der Waals surface area contributed by atoms with Gasteiger partial charge in [-0.15, -0.1) is 0 Å². The largest absolute Gasteiger partial charge is 0.353 e. The minimum Gasteiger partial charge on any atom is -0.353 e. The molecule has 24 heavy (non-hydrogen) atoms. The van der Waals surface area contributed by atoms with Crippen LogP contribution >= 0.6 is 0 Å². The molecule has 2 saturated heterocycles. The maximum atomic E-state index is 12.9. The molecule has 2 aliphatic heterocycles. The summed E-state index contributed by atoms with van der Waals surface area (Å²) in [5, 5.41) is 7.37. The third-order valence-corrected chi connectivity index (χ3v) is 5.38. The van der Waals surface area contributed by atoms with Gasteiger partial charge in [0.25, 0.3) is 5.91 Å². The molecule has 126 valence electrons. The molecular weight excluding hydrogens is 304 g/mol. The highest BCUT2D eigenvalue weighted by molar-refractivity contribution is 5.99. The van der Waals surface area contributed by atoms with Crippen molar-refractivity contribution < 1.29 is 9.59 Å². The van der Waals surface area contributed by atoms with E-state index in [0.29, 0.717) is 38.2 Å². The molecule has 2 aromatic rings. The normalized spacial score (nSPS) is 20.4. The van der Waals surface area contributed by atoms with Gasteiger partial charge in [0, 0.05) is 44.1 Å². The van der Waals surface area contributed by atoms with Gasteiger partial charge in [-0.25, -0.2) is 0 Å². The predicted molar refractivity (Wildman–Crippen MR) is 91.8 cm³/mol. The summed E-state index contributed by atoms with van der Waals surface area (Å²) in [5.74, 6) is 0.116. The monoisotopic (exact) mass is 326 g/mol. The molecule has 1 spiro atoms. The number of rotatable bonds is 1. The molecule has 6 heteroatoms. The SMILES string of the molecule is Cn1c(C(=O)N2CCC3(CC2)NCCNC3=O)cc2ccccc21. The zero-order chi connectivity index (χ0) is 16.7. The van der Waals surface area contributed by atoms with E-state index < -0.39 is 5.54 Å². The Morgan fingerprint density at radius 2 is 1.92 bits per heavy atom. The Morgan fingerprint density at radius 3 is 2.62 bits per heavy atom. The first-order valence-electron chi connectivity index (χ1n) is 8.48. The molecule has 2 N–H and O–H groups in total. The minimum atomic E-state index is -0.492. The number of hydrogen-bond acceptors (Lipinski definition) is 3. The molecule has 6 nitrogen and oxygen atoms in total. The van der Waals surface area contributed by atoms with E-state index in [2.05, 4.69) is 10.6 Å². The van der Waals surface area contributed by atoms with Crippen molar-refractivity contribution in [3.05, 3.63) is 36.0 Å². The van der Waals surface area contributed by atoms with Crippen molar-refractivity contribution in [1.82, 2.24) is 20.1 Å². The Bertz CT molecular complexity index is 802. The second-order valence-corrected chi connectivity index (χ2v) is 6.70. The molecule has 2 fully saturated rings. The average Bonchev–Trinajstić information content (AvgIpc) is 2.95.